The van der Waals surface area contributed by atoms with Crippen molar-refractivity contribution >= 4 is 29.5 Å². The Morgan fingerprint density at radius 2 is 1.94 bits per heavy atom. The number of likely N-dealkylation sites (tertiary alicyclic amines) is 1. The Bertz CT molecular complexity index is 1230. The molecule has 1 saturated heterocycles. The van der Waals surface area contributed by atoms with E-state index in [2.05, 4.69) is 16.4 Å². The number of carbonyl (C=O) groups is 3. The van der Waals surface area contributed by atoms with Crippen LogP contribution in [0, 0.1) is 28.6 Å². The van der Waals surface area contributed by atoms with Crippen molar-refractivity contribution in [3.63, 3.8) is 0 Å². The summed E-state index contributed by atoms with van der Waals surface area (Å²) < 4.78 is 0. The molecule has 3 rings (SSSR count). The highest BCUT2D eigenvalue weighted by Gasteiger charge is 2.39. The van der Waals surface area contributed by atoms with Gasteiger partial charge in [0.05, 0.1) is 24.6 Å². The van der Waals surface area contributed by atoms with E-state index in [1.165, 1.54) is 16.8 Å². The summed E-state index contributed by atoms with van der Waals surface area (Å²) in [5.74, 6) is -1.56. The number of anilines is 1. The quantitative estimate of drug-likeness (QED) is 0.474. The molecule has 0 aliphatic carbocycles. The molecule has 178 valence electrons. The molecule has 1 aromatic carbocycles. The Morgan fingerprint density at radius 1 is 1.20 bits per heavy atom. The lowest BCUT2D eigenvalue weighted by atomic mass is 10.1. The van der Waals surface area contributed by atoms with Crippen LogP contribution in [0.1, 0.15) is 29.5 Å². The number of hydrogen-bond acceptors (Lipinski definition) is 5. The number of para-hydroxylation sites is 1. The predicted molar refractivity (Wildman–Crippen MR) is 130 cm³/mol. The first-order valence-electron chi connectivity index (χ1n) is 11.1. The topological polar surface area (TPSA) is 133 Å². The fraction of sp³-hybridized carbons (Fsp3) is 0.269. The number of H-pyrrole nitrogens is 1. The highest BCUT2D eigenvalue weighted by atomic mass is 16.2. The molecule has 9 heteroatoms. The van der Waals surface area contributed by atoms with Gasteiger partial charge in [0, 0.05) is 30.5 Å². The van der Waals surface area contributed by atoms with Crippen LogP contribution in [0.5, 0.6) is 0 Å². The summed E-state index contributed by atoms with van der Waals surface area (Å²) in [4.78, 5) is 43.9. The van der Waals surface area contributed by atoms with Crippen molar-refractivity contribution in [2.45, 2.75) is 19.4 Å². The lowest BCUT2D eigenvalue weighted by molar-refractivity contribution is -0.131. The van der Waals surface area contributed by atoms with Gasteiger partial charge in [-0.25, -0.2) is 0 Å². The molecule has 1 fully saturated rings. The van der Waals surface area contributed by atoms with E-state index >= 15 is 0 Å². The van der Waals surface area contributed by atoms with Gasteiger partial charge < -0.3 is 20.1 Å². The minimum Gasteiger partial charge on any atom is -0.351 e. The maximum Gasteiger partial charge on any atom is 0.270 e. The van der Waals surface area contributed by atoms with E-state index in [9.17, 15) is 19.6 Å². The Kier molecular flexibility index (Phi) is 8.20. The number of likely N-dealkylation sites (N-methyl/N-ethyl adjacent to an activating group) is 1. The minimum absolute atomic E-state index is 0.112. The molecule has 2 atom stereocenters. The van der Waals surface area contributed by atoms with Crippen LogP contribution in [0.3, 0.4) is 0 Å². The van der Waals surface area contributed by atoms with Crippen LogP contribution >= 0.6 is 0 Å². The number of nitrogens with zero attached hydrogens (tertiary/aromatic N) is 4. The first-order chi connectivity index (χ1) is 16.9. The molecule has 0 radical (unpaired) electrons. The second kappa shape index (κ2) is 11.5. The zero-order chi connectivity index (χ0) is 25.4. The van der Waals surface area contributed by atoms with Gasteiger partial charge in [-0.1, -0.05) is 24.3 Å². The number of allylic oxidation sites excluding steroid dienone is 3. The third-order valence-corrected chi connectivity index (χ3v) is 5.72. The summed E-state index contributed by atoms with van der Waals surface area (Å²) in [7, 11) is 1.50. The van der Waals surface area contributed by atoms with Crippen LogP contribution in [0.15, 0.2) is 60.2 Å². The van der Waals surface area contributed by atoms with Crippen LogP contribution in [-0.2, 0) is 9.59 Å². The first-order valence-corrected chi connectivity index (χ1v) is 11.1. The van der Waals surface area contributed by atoms with Crippen molar-refractivity contribution in [1.82, 2.24) is 14.8 Å². The van der Waals surface area contributed by atoms with Crippen LogP contribution in [-0.4, -0.2) is 58.7 Å². The molecule has 2 heterocycles. The second-order valence-corrected chi connectivity index (χ2v) is 8.16. The van der Waals surface area contributed by atoms with Crippen LogP contribution in [0.25, 0.3) is 6.08 Å². The molecule has 0 spiro atoms. The van der Waals surface area contributed by atoms with Crippen LogP contribution in [0.2, 0.25) is 0 Å². The highest BCUT2D eigenvalue weighted by Crippen LogP contribution is 2.25. The van der Waals surface area contributed by atoms with Gasteiger partial charge in [-0.15, -0.1) is 0 Å². The molecule has 1 aliphatic rings. The maximum atomic E-state index is 12.9. The number of rotatable bonds is 7. The number of nitriles is 2. The third-order valence-electron chi connectivity index (χ3n) is 5.72. The number of benzene rings is 1. The Morgan fingerprint density at radius 3 is 2.60 bits per heavy atom. The lowest BCUT2D eigenvalue weighted by Crippen LogP contribution is -2.43. The Labute approximate surface area is 203 Å². The minimum atomic E-state index is -0.735. The molecule has 1 aliphatic heterocycles. The number of nitrogens with one attached hydrogen (secondary N) is 2. The molecule has 0 saturated carbocycles. The van der Waals surface area contributed by atoms with Gasteiger partial charge in [0.1, 0.15) is 11.7 Å². The van der Waals surface area contributed by atoms with Gasteiger partial charge in [-0.3, -0.25) is 14.4 Å². The van der Waals surface area contributed by atoms with Crippen LogP contribution in [0.4, 0.5) is 5.69 Å². The van der Waals surface area contributed by atoms with E-state index < -0.39 is 23.8 Å². The van der Waals surface area contributed by atoms with Gasteiger partial charge in [0.25, 0.3) is 5.91 Å². The lowest BCUT2D eigenvalue weighted by Gasteiger charge is -2.23. The maximum absolute atomic E-state index is 12.9. The van der Waals surface area contributed by atoms with Crippen LogP contribution < -0.4 is 5.32 Å². The first kappa shape index (κ1) is 25.0. The largest absolute Gasteiger partial charge is 0.351 e. The molecule has 35 heavy (non-hydrogen) atoms. The SMILES string of the molecule is C/C=C(C#N)\C=C/c1ccc(C(=O)N(C)CC(=O)N2CC(C(=O)Nc3ccccc3)CC2C#N)[nH]1. The fourth-order valence-corrected chi connectivity index (χ4v) is 3.77. The zero-order valence-electron chi connectivity index (χ0n) is 19.6. The Balaban J connectivity index is 1.60. The summed E-state index contributed by atoms with van der Waals surface area (Å²) in [5.41, 5.74) is 2.07. The van der Waals surface area contributed by atoms with E-state index in [0.29, 0.717) is 17.0 Å². The van der Waals surface area contributed by atoms with E-state index in [1.54, 1.807) is 61.5 Å². The zero-order valence-corrected chi connectivity index (χ0v) is 19.6. The number of hydrogen-bond donors (Lipinski definition) is 2. The molecular formula is C26H26N6O3. The summed E-state index contributed by atoms with van der Waals surface area (Å²) in [6.45, 7) is 1.64. The molecule has 2 N–H and O–H groups in total. The molecule has 3 amide bonds. The molecule has 0 bridgehead atoms. The van der Waals surface area contributed by atoms with Crippen molar-refractivity contribution in [2.75, 3.05) is 25.5 Å². The van der Waals surface area contributed by atoms with E-state index in [0.717, 1.165) is 0 Å². The van der Waals surface area contributed by atoms with Crippen molar-refractivity contribution in [3.8, 4) is 12.1 Å². The average molecular weight is 471 g/mol. The number of carbonyl (C=O) groups excluding carboxylic acids is 3. The summed E-state index contributed by atoms with van der Waals surface area (Å²) in [5, 5.41) is 21.3. The summed E-state index contributed by atoms with van der Waals surface area (Å²) in [6, 6.07) is 15.7. The molecule has 1 aromatic heterocycles. The van der Waals surface area contributed by atoms with Gasteiger partial charge in [0.2, 0.25) is 11.8 Å². The standard InChI is InChI=1S/C26H26N6O3/c1-3-18(14-27)9-10-21-11-12-23(29-21)26(35)31(2)17-24(33)32-16-19(13-22(32)15-28)25(34)30-20-7-5-4-6-8-20/h3-12,19,22,29H,13,16-17H2,1-2H3,(H,30,34)/b10-9-,18-3+. The number of aromatic nitrogens is 1. The third kappa shape index (κ3) is 6.24. The predicted octanol–water partition coefficient (Wildman–Crippen LogP) is 2.95. The monoisotopic (exact) mass is 470 g/mol. The number of aromatic amines is 1. The summed E-state index contributed by atoms with van der Waals surface area (Å²) >= 11 is 0. The molecular weight excluding hydrogens is 444 g/mol. The van der Waals surface area contributed by atoms with Crippen molar-refractivity contribution in [3.05, 3.63) is 71.6 Å². The van der Waals surface area contributed by atoms with E-state index in [4.69, 9.17) is 5.26 Å². The molecule has 9 nitrogen and oxygen atoms in total. The Hall–Kier alpha value is -4.63. The van der Waals surface area contributed by atoms with Gasteiger partial charge in [-0.2, -0.15) is 10.5 Å². The number of amides is 3. The molecule has 2 unspecified atom stereocenters. The highest BCUT2D eigenvalue weighted by molar-refractivity contribution is 5.96. The van der Waals surface area contributed by atoms with Gasteiger partial charge >= 0.3 is 0 Å². The van der Waals surface area contributed by atoms with E-state index in [-0.39, 0.29) is 31.1 Å². The van der Waals surface area contributed by atoms with Crippen molar-refractivity contribution in [1.29, 1.82) is 10.5 Å². The van der Waals surface area contributed by atoms with Gasteiger partial charge in [0.15, 0.2) is 0 Å². The second-order valence-electron chi connectivity index (χ2n) is 8.16. The van der Waals surface area contributed by atoms with Gasteiger partial charge in [-0.05, 0) is 49.8 Å². The molecule has 2 aromatic rings. The smallest absolute Gasteiger partial charge is 0.270 e. The normalized spacial score (nSPS) is 17.6. The van der Waals surface area contributed by atoms with Crippen molar-refractivity contribution in [2.24, 2.45) is 5.92 Å². The van der Waals surface area contributed by atoms with E-state index in [1.807, 2.05) is 12.1 Å². The average Bonchev–Trinajstić information content (AvgIpc) is 3.52. The fourth-order valence-electron chi connectivity index (χ4n) is 3.77. The van der Waals surface area contributed by atoms with Crippen molar-refractivity contribution < 1.29 is 14.4 Å². The summed E-state index contributed by atoms with van der Waals surface area (Å²) in [6.07, 6.45) is 5.23.